The van der Waals surface area contributed by atoms with Gasteiger partial charge in [0.1, 0.15) is 23.8 Å². The molecule has 2 aliphatic heterocycles. The summed E-state index contributed by atoms with van der Waals surface area (Å²) < 4.78 is 0. The lowest BCUT2D eigenvalue weighted by molar-refractivity contribution is 0.568. The second-order valence-corrected chi connectivity index (χ2v) is 8.76. The van der Waals surface area contributed by atoms with Crippen molar-refractivity contribution in [2.75, 3.05) is 23.9 Å². The van der Waals surface area contributed by atoms with Crippen LogP contribution in [-0.4, -0.2) is 25.8 Å². The minimum Gasteiger partial charge on any atom is -0.329 e. The molecule has 2 heterocycles. The van der Waals surface area contributed by atoms with E-state index < -0.39 is 0 Å². The molecule has 34 heavy (non-hydrogen) atoms. The number of aliphatic imine (C=N–C) groups is 2. The summed E-state index contributed by atoms with van der Waals surface area (Å²) in [6.45, 7) is 0. The standard InChI is InChI=1S/C30H26N4/c1-33-25-19-11-9-17-23(25)27(31-29(33)21-13-5-3-6-14-21)28-24-18-10-12-20-26(24)34(2)30(32-28)22-15-7-4-8-16-22/h3-20,27-28H,1-2H3. The van der Waals surface area contributed by atoms with Crippen molar-refractivity contribution < 1.29 is 0 Å². The van der Waals surface area contributed by atoms with Gasteiger partial charge in [0.05, 0.1) is 0 Å². The minimum absolute atomic E-state index is 0.129. The summed E-state index contributed by atoms with van der Waals surface area (Å²) in [7, 11) is 4.20. The highest BCUT2D eigenvalue weighted by atomic mass is 15.2. The molecule has 2 atom stereocenters. The monoisotopic (exact) mass is 442 g/mol. The largest absolute Gasteiger partial charge is 0.329 e. The van der Waals surface area contributed by atoms with Crippen LogP contribution in [0.5, 0.6) is 0 Å². The van der Waals surface area contributed by atoms with E-state index in [4.69, 9.17) is 9.98 Å². The van der Waals surface area contributed by atoms with Crippen LogP contribution in [0.3, 0.4) is 0 Å². The number of fused-ring (bicyclic) bond motifs is 2. The van der Waals surface area contributed by atoms with Crippen molar-refractivity contribution in [2.45, 2.75) is 12.1 Å². The van der Waals surface area contributed by atoms with Gasteiger partial charge in [0, 0.05) is 47.7 Å². The Balaban J connectivity index is 1.57. The van der Waals surface area contributed by atoms with E-state index in [1.54, 1.807) is 0 Å². The van der Waals surface area contributed by atoms with Crippen molar-refractivity contribution in [1.82, 2.24) is 0 Å². The molecule has 0 radical (unpaired) electrons. The highest BCUT2D eigenvalue weighted by Crippen LogP contribution is 2.47. The Morgan fingerprint density at radius 2 is 0.824 bits per heavy atom. The zero-order chi connectivity index (χ0) is 23.1. The first-order valence-electron chi connectivity index (χ1n) is 11.6. The number of hydrogen-bond donors (Lipinski definition) is 0. The SMILES string of the molecule is CN1C(c2ccccc2)=NC(C2N=C(c3ccccc3)N(C)c3ccccc32)c2ccccc21. The number of hydrogen-bond acceptors (Lipinski definition) is 4. The molecule has 2 aliphatic rings. The van der Waals surface area contributed by atoms with Crippen LogP contribution in [0.15, 0.2) is 119 Å². The molecule has 0 saturated heterocycles. The van der Waals surface area contributed by atoms with E-state index in [2.05, 4.69) is 121 Å². The van der Waals surface area contributed by atoms with E-state index in [1.165, 1.54) is 22.5 Å². The summed E-state index contributed by atoms with van der Waals surface area (Å²) in [6.07, 6.45) is 0. The predicted molar refractivity (Wildman–Crippen MR) is 141 cm³/mol. The zero-order valence-corrected chi connectivity index (χ0v) is 19.3. The van der Waals surface area contributed by atoms with Crippen LogP contribution in [0, 0.1) is 0 Å². The van der Waals surface area contributed by atoms with E-state index in [0.29, 0.717) is 0 Å². The van der Waals surface area contributed by atoms with E-state index in [9.17, 15) is 0 Å². The number of amidine groups is 2. The maximum Gasteiger partial charge on any atom is 0.135 e. The Kier molecular flexibility index (Phi) is 4.99. The highest BCUT2D eigenvalue weighted by Gasteiger charge is 2.37. The molecular formula is C30H26N4. The molecule has 2 unspecified atom stereocenters. The maximum atomic E-state index is 5.37. The second kappa shape index (κ2) is 8.31. The third-order valence-corrected chi connectivity index (χ3v) is 6.75. The van der Waals surface area contributed by atoms with Gasteiger partial charge in [-0.2, -0.15) is 0 Å². The molecule has 0 saturated carbocycles. The topological polar surface area (TPSA) is 31.2 Å². The van der Waals surface area contributed by atoms with Gasteiger partial charge in [-0.1, -0.05) is 97.1 Å². The summed E-state index contributed by atoms with van der Waals surface area (Å²) in [5, 5.41) is 0. The van der Waals surface area contributed by atoms with Gasteiger partial charge in [0.25, 0.3) is 0 Å². The van der Waals surface area contributed by atoms with Gasteiger partial charge in [-0.3, -0.25) is 9.98 Å². The molecule has 0 amide bonds. The Morgan fingerprint density at radius 3 is 1.24 bits per heavy atom. The smallest absolute Gasteiger partial charge is 0.135 e. The first kappa shape index (κ1) is 20.4. The summed E-state index contributed by atoms with van der Waals surface area (Å²) in [4.78, 5) is 15.1. The number of para-hydroxylation sites is 2. The van der Waals surface area contributed by atoms with Gasteiger partial charge in [-0.05, 0) is 12.1 Å². The van der Waals surface area contributed by atoms with Crippen molar-refractivity contribution in [3.63, 3.8) is 0 Å². The normalized spacial score (nSPS) is 19.1. The van der Waals surface area contributed by atoms with Gasteiger partial charge in [0.15, 0.2) is 0 Å². The molecule has 166 valence electrons. The molecule has 0 aliphatic carbocycles. The molecule has 0 aromatic heterocycles. The fourth-order valence-electron chi connectivity index (χ4n) is 5.08. The quantitative estimate of drug-likeness (QED) is 0.375. The van der Waals surface area contributed by atoms with Gasteiger partial charge in [0.2, 0.25) is 0 Å². The number of nitrogens with zero attached hydrogens (tertiary/aromatic N) is 4. The van der Waals surface area contributed by atoms with Crippen LogP contribution in [0.25, 0.3) is 0 Å². The van der Waals surface area contributed by atoms with Crippen molar-refractivity contribution in [2.24, 2.45) is 9.98 Å². The number of rotatable bonds is 3. The van der Waals surface area contributed by atoms with E-state index in [1.807, 2.05) is 12.1 Å². The van der Waals surface area contributed by atoms with Crippen LogP contribution >= 0.6 is 0 Å². The maximum absolute atomic E-state index is 5.37. The number of anilines is 2. The third kappa shape index (κ3) is 3.30. The lowest BCUT2D eigenvalue weighted by atomic mass is 9.88. The van der Waals surface area contributed by atoms with Gasteiger partial charge >= 0.3 is 0 Å². The van der Waals surface area contributed by atoms with Crippen LogP contribution in [-0.2, 0) is 0 Å². The highest BCUT2D eigenvalue weighted by molar-refractivity contribution is 6.12. The van der Waals surface area contributed by atoms with E-state index in [0.717, 1.165) is 22.8 Å². The fourth-order valence-corrected chi connectivity index (χ4v) is 5.08. The minimum atomic E-state index is -0.129. The Labute approximate surface area is 200 Å². The zero-order valence-electron chi connectivity index (χ0n) is 19.3. The Hall–Kier alpha value is -4.18. The lowest BCUT2D eigenvalue weighted by Gasteiger charge is -2.38. The molecule has 6 rings (SSSR count). The van der Waals surface area contributed by atoms with Gasteiger partial charge in [-0.15, -0.1) is 0 Å². The van der Waals surface area contributed by atoms with Crippen molar-refractivity contribution >= 4 is 23.0 Å². The van der Waals surface area contributed by atoms with Crippen LogP contribution < -0.4 is 9.80 Å². The third-order valence-electron chi connectivity index (χ3n) is 6.75. The molecule has 0 fully saturated rings. The van der Waals surface area contributed by atoms with Crippen LogP contribution in [0.2, 0.25) is 0 Å². The van der Waals surface area contributed by atoms with Crippen molar-refractivity contribution in [3.05, 3.63) is 131 Å². The number of benzene rings is 4. The van der Waals surface area contributed by atoms with Crippen LogP contribution in [0.1, 0.15) is 34.3 Å². The molecule has 0 N–H and O–H groups in total. The molecule has 4 aromatic rings. The predicted octanol–water partition coefficient (Wildman–Crippen LogP) is 6.26. The van der Waals surface area contributed by atoms with Crippen molar-refractivity contribution in [1.29, 1.82) is 0 Å². The van der Waals surface area contributed by atoms with Gasteiger partial charge in [-0.25, -0.2) is 0 Å². The molecule has 4 heteroatoms. The molecule has 4 nitrogen and oxygen atoms in total. The molecule has 0 spiro atoms. The van der Waals surface area contributed by atoms with Crippen LogP contribution in [0.4, 0.5) is 11.4 Å². The first-order valence-corrected chi connectivity index (χ1v) is 11.6. The van der Waals surface area contributed by atoms with Crippen molar-refractivity contribution in [3.8, 4) is 0 Å². The first-order chi connectivity index (χ1) is 16.7. The summed E-state index contributed by atoms with van der Waals surface area (Å²) in [5.41, 5.74) is 6.97. The summed E-state index contributed by atoms with van der Waals surface area (Å²) in [5.74, 6) is 1.94. The summed E-state index contributed by atoms with van der Waals surface area (Å²) >= 11 is 0. The Bertz CT molecular complexity index is 1280. The summed E-state index contributed by atoms with van der Waals surface area (Å²) in [6, 6.07) is 37.8. The van der Waals surface area contributed by atoms with Gasteiger partial charge < -0.3 is 9.80 Å². The van der Waals surface area contributed by atoms with E-state index in [-0.39, 0.29) is 12.1 Å². The Morgan fingerprint density at radius 1 is 0.471 bits per heavy atom. The van der Waals surface area contributed by atoms with E-state index >= 15 is 0 Å². The second-order valence-electron chi connectivity index (χ2n) is 8.76. The molecule has 4 aromatic carbocycles. The lowest BCUT2D eigenvalue weighted by Crippen LogP contribution is -2.36. The fraction of sp³-hybridized carbons (Fsp3) is 0.133. The molecule has 0 bridgehead atoms. The average molecular weight is 443 g/mol. The molecular weight excluding hydrogens is 416 g/mol. The average Bonchev–Trinajstić information content (AvgIpc) is 2.91.